The number of nitrogens with two attached hydrogens (primary N) is 1. The number of rotatable bonds is 4. The van der Waals surface area contributed by atoms with Crippen molar-refractivity contribution in [3.63, 3.8) is 0 Å². The molecular weight excluding hydrogens is 376 g/mol. The van der Waals surface area contributed by atoms with Gasteiger partial charge in [-0.1, -0.05) is 24.3 Å². The highest BCUT2D eigenvalue weighted by molar-refractivity contribution is 5.86. The fourth-order valence-corrected chi connectivity index (χ4v) is 4.24. The summed E-state index contributed by atoms with van der Waals surface area (Å²) in [5.41, 5.74) is 12.4. The standard InChI is InChI=1S/C25H30N2O3/c1-16-9-10-17(2)30-18(3)25(16)20-13-24-22(14-23(20)28-4)27(11-12-29-24)15-19-7-5-6-8-21(19)26/h5-9,13-14,17H,10-12,15,26H2,1-4H3. The summed E-state index contributed by atoms with van der Waals surface area (Å²) >= 11 is 0. The van der Waals surface area contributed by atoms with Gasteiger partial charge in [0, 0.05) is 35.9 Å². The molecule has 0 saturated heterocycles. The first-order chi connectivity index (χ1) is 14.5. The van der Waals surface area contributed by atoms with Gasteiger partial charge in [0.25, 0.3) is 0 Å². The van der Waals surface area contributed by atoms with Gasteiger partial charge >= 0.3 is 0 Å². The molecule has 1 unspecified atom stereocenters. The number of hydrogen-bond acceptors (Lipinski definition) is 5. The fourth-order valence-electron chi connectivity index (χ4n) is 4.24. The van der Waals surface area contributed by atoms with Crippen LogP contribution in [0.4, 0.5) is 11.4 Å². The van der Waals surface area contributed by atoms with Crippen molar-refractivity contribution in [3.05, 3.63) is 64.9 Å². The van der Waals surface area contributed by atoms with Crippen LogP contribution in [-0.4, -0.2) is 26.4 Å². The van der Waals surface area contributed by atoms with Crippen molar-refractivity contribution in [1.82, 2.24) is 0 Å². The van der Waals surface area contributed by atoms with Crippen molar-refractivity contribution in [2.24, 2.45) is 0 Å². The Hall–Kier alpha value is -3.08. The maximum absolute atomic E-state index is 6.18. The van der Waals surface area contributed by atoms with Gasteiger partial charge in [-0.3, -0.25) is 0 Å². The highest BCUT2D eigenvalue weighted by atomic mass is 16.5. The number of para-hydroxylation sites is 1. The zero-order valence-electron chi connectivity index (χ0n) is 18.2. The second-order valence-corrected chi connectivity index (χ2v) is 7.97. The lowest BCUT2D eigenvalue weighted by molar-refractivity contribution is 0.139. The molecule has 0 radical (unpaired) electrons. The predicted molar refractivity (Wildman–Crippen MR) is 122 cm³/mol. The topological polar surface area (TPSA) is 57.0 Å². The van der Waals surface area contributed by atoms with Crippen LogP contribution in [0.15, 0.2) is 53.8 Å². The summed E-state index contributed by atoms with van der Waals surface area (Å²) in [6.45, 7) is 8.41. The van der Waals surface area contributed by atoms with Crippen LogP contribution >= 0.6 is 0 Å². The Bertz CT molecular complexity index is 1010. The molecule has 158 valence electrons. The maximum atomic E-state index is 6.18. The first-order valence-electron chi connectivity index (χ1n) is 10.5. The van der Waals surface area contributed by atoms with Crippen molar-refractivity contribution in [2.75, 3.05) is 30.9 Å². The van der Waals surface area contributed by atoms with Crippen molar-refractivity contribution < 1.29 is 14.2 Å². The summed E-state index contributed by atoms with van der Waals surface area (Å²) < 4.78 is 18.0. The molecule has 5 heteroatoms. The third kappa shape index (κ3) is 3.84. The number of fused-ring (bicyclic) bond motifs is 1. The lowest BCUT2D eigenvalue weighted by Gasteiger charge is -2.33. The van der Waals surface area contributed by atoms with Crippen LogP contribution in [0.1, 0.15) is 38.3 Å². The minimum Gasteiger partial charge on any atom is -0.496 e. The zero-order chi connectivity index (χ0) is 21.3. The average Bonchev–Trinajstić information content (AvgIpc) is 2.86. The van der Waals surface area contributed by atoms with E-state index in [1.54, 1.807) is 7.11 Å². The Labute approximate surface area is 178 Å². The first-order valence-corrected chi connectivity index (χ1v) is 10.5. The molecule has 2 N–H and O–H groups in total. The molecule has 2 aromatic carbocycles. The number of nitrogen functional groups attached to an aromatic ring is 1. The molecular formula is C25H30N2O3. The lowest BCUT2D eigenvalue weighted by Crippen LogP contribution is -2.32. The number of nitrogens with zero attached hydrogens (tertiary/aromatic N) is 1. The highest BCUT2D eigenvalue weighted by Crippen LogP contribution is 2.44. The van der Waals surface area contributed by atoms with Gasteiger partial charge in [-0.05, 0) is 44.0 Å². The molecule has 0 bridgehead atoms. The Balaban J connectivity index is 1.77. The minimum atomic E-state index is 0.157. The number of methoxy groups -OCH3 is 1. The molecule has 0 spiro atoms. The molecule has 0 saturated carbocycles. The van der Waals surface area contributed by atoms with Gasteiger partial charge in [0.2, 0.25) is 0 Å². The normalized spacial score (nSPS) is 18.7. The smallest absolute Gasteiger partial charge is 0.143 e. The van der Waals surface area contributed by atoms with Gasteiger partial charge in [-0.2, -0.15) is 0 Å². The van der Waals surface area contributed by atoms with Crippen LogP contribution in [0.5, 0.6) is 11.5 Å². The molecule has 0 aliphatic carbocycles. The van der Waals surface area contributed by atoms with Crippen molar-refractivity contribution in [1.29, 1.82) is 0 Å². The van der Waals surface area contributed by atoms with Gasteiger partial charge in [0.15, 0.2) is 0 Å². The third-order valence-corrected chi connectivity index (χ3v) is 5.81. The second kappa shape index (κ2) is 8.34. The van der Waals surface area contributed by atoms with E-state index >= 15 is 0 Å². The minimum absolute atomic E-state index is 0.157. The maximum Gasteiger partial charge on any atom is 0.143 e. The predicted octanol–water partition coefficient (Wildman–Crippen LogP) is 5.16. The van der Waals surface area contributed by atoms with E-state index in [0.717, 1.165) is 64.8 Å². The fraction of sp³-hybridized carbons (Fsp3) is 0.360. The van der Waals surface area contributed by atoms with Gasteiger partial charge in [-0.15, -0.1) is 0 Å². The molecule has 5 nitrogen and oxygen atoms in total. The third-order valence-electron chi connectivity index (χ3n) is 5.81. The monoisotopic (exact) mass is 406 g/mol. The molecule has 0 fully saturated rings. The summed E-state index contributed by atoms with van der Waals surface area (Å²) in [6.07, 6.45) is 3.29. The van der Waals surface area contributed by atoms with Crippen molar-refractivity contribution in [3.8, 4) is 11.5 Å². The molecule has 2 aromatic rings. The molecule has 0 aromatic heterocycles. The Kier molecular flexibility index (Phi) is 5.62. The molecule has 0 amide bonds. The second-order valence-electron chi connectivity index (χ2n) is 7.97. The highest BCUT2D eigenvalue weighted by Gasteiger charge is 2.25. The van der Waals surface area contributed by atoms with Gasteiger partial charge in [0.05, 0.1) is 25.4 Å². The van der Waals surface area contributed by atoms with E-state index in [0.29, 0.717) is 6.61 Å². The van der Waals surface area contributed by atoms with Gasteiger partial charge < -0.3 is 24.8 Å². The lowest BCUT2D eigenvalue weighted by atomic mass is 9.95. The van der Waals surface area contributed by atoms with E-state index in [9.17, 15) is 0 Å². The van der Waals surface area contributed by atoms with Crippen LogP contribution in [0, 0.1) is 0 Å². The Morgan fingerprint density at radius 3 is 2.77 bits per heavy atom. The average molecular weight is 407 g/mol. The van der Waals surface area contributed by atoms with Crippen LogP contribution in [0.2, 0.25) is 0 Å². The Morgan fingerprint density at radius 2 is 2.00 bits per heavy atom. The van der Waals surface area contributed by atoms with Gasteiger partial charge in [-0.25, -0.2) is 0 Å². The number of hydrogen-bond donors (Lipinski definition) is 1. The molecule has 2 aliphatic heterocycles. The molecule has 2 aliphatic rings. The molecule has 1 atom stereocenters. The summed E-state index contributed by atoms with van der Waals surface area (Å²) in [5.74, 6) is 2.58. The number of anilines is 2. The molecule has 4 rings (SSSR count). The van der Waals surface area contributed by atoms with Gasteiger partial charge in [0.1, 0.15) is 23.9 Å². The van der Waals surface area contributed by atoms with Crippen LogP contribution in [-0.2, 0) is 11.3 Å². The van der Waals surface area contributed by atoms with Crippen molar-refractivity contribution >= 4 is 16.9 Å². The zero-order valence-corrected chi connectivity index (χ0v) is 18.2. The van der Waals surface area contributed by atoms with Crippen LogP contribution in [0.25, 0.3) is 5.57 Å². The summed E-state index contributed by atoms with van der Waals surface area (Å²) in [7, 11) is 1.71. The summed E-state index contributed by atoms with van der Waals surface area (Å²) in [6, 6.07) is 12.2. The quantitative estimate of drug-likeness (QED) is 0.711. The summed E-state index contributed by atoms with van der Waals surface area (Å²) in [4.78, 5) is 2.30. The number of ether oxygens (including phenoxy) is 3. The van der Waals surface area contributed by atoms with Crippen molar-refractivity contribution in [2.45, 2.75) is 39.8 Å². The SMILES string of the molecule is COc1cc2c(cc1C1=C(C)OC(C)CC=C1C)OCCN2Cc1ccccc1N. The molecule has 2 heterocycles. The number of allylic oxidation sites excluding steroid dienone is 3. The van der Waals surface area contributed by atoms with E-state index in [-0.39, 0.29) is 6.10 Å². The first kappa shape index (κ1) is 20.2. The van der Waals surface area contributed by atoms with Crippen LogP contribution in [0.3, 0.4) is 0 Å². The van der Waals surface area contributed by atoms with E-state index in [1.807, 2.05) is 25.1 Å². The Morgan fingerprint density at radius 1 is 1.20 bits per heavy atom. The molecule has 30 heavy (non-hydrogen) atoms. The summed E-state index contributed by atoms with van der Waals surface area (Å²) in [5, 5.41) is 0. The van der Waals surface area contributed by atoms with Crippen LogP contribution < -0.4 is 20.1 Å². The van der Waals surface area contributed by atoms with E-state index < -0.39 is 0 Å². The largest absolute Gasteiger partial charge is 0.496 e. The van der Waals surface area contributed by atoms with E-state index in [4.69, 9.17) is 19.9 Å². The van der Waals surface area contributed by atoms with E-state index in [1.165, 1.54) is 5.57 Å². The van der Waals surface area contributed by atoms with E-state index in [2.05, 4.69) is 43.0 Å². The number of benzene rings is 2.